The highest BCUT2D eigenvalue weighted by Crippen LogP contribution is 2.14. The van der Waals surface area contributed by atoms with Crippen molar-refractivity contribution in [2.75, 3.05) is 46.1 Å². The van der Waals surface area contributed by atoms with Crippen LogP contribution in [-0.4, -0.2) is 61.6 Å². The van der Waals surface area contributed by atoms with Crippen LogP contribution in [0.2, 0.25) is 0 Å². The SMILES string of the molecule is CCNC(=NCCCOCC1CCOCC1)NCCn1ccnc1.I. The molecule has 8 heteroatoms. The van der Waals surface area contributed by atoms with Gasteiger partial charge in [0.15, 0.2) is 5.96 Å². The second-order valence-electron chi connectivity index (χ2n) is 5.97. The Morgan fingerprint density at radius 3 is 2.92 bits per heavy atom. The van der Waals surface area contributed by atoms with Crippen LogP contribution in [0, 0.1) is 5.92 Å². The van der Waals surface area contributed by atoms with Gasteiger partial charge >= 0.3 is 0 Å². The number of imidazole rings is 1. The Balaban J connectivity index is 0.00000312. The number of ether oxygens (including phenoxy) is 2. The van der Waals surface area contributed by atoms with Gasteiger partial charge in [-0.3, -0.25) is 4.99 Å². The Hall–Kier alpha value is -0.870. The number of rotatable bonds is 10. The molecule has 0 amide bonds. The molecule has 0 aliphatic carbocycles. The summed E-state index contributed by atoms with van der Waals surface area (Å²) in [6, 6.07) is 0. The molecule has 0 unspecified atom stereocenters. The predicted molar refractivity (Wildman–Crippen MR) is 111 cm³/mol. The van der Waals surface area contributed by atoms with Gasteiger partial charge < -0.3 is 24.7 Å². The zero-order valence-electron chi connectivity index (χ0n) is 15.2. The van der Waals surface area contributed by atoms with E-state index in [1.165, 1.54) is 0 Å². The smallest absolute Gasteiger partial charge is 0.191 e. The van der Waals surface area contributed by atoms with Crippen molar-refractivity contribution in [2.24, 2.45) is 10.9 Å². The van der Waals surface area contributed by atoms with Gasteiger partial charge in [-0.05, 0) is 32.1 Å². The molecule has 0 spiro atoms. The third-order valence-corrected chi connectivity index (χ3v) is 3.98. The molecular weight excluding hydrogens is 433 g/mol. The predicted octanol–water partition coefficient (Wildman–Crippen LogP) is 1.89. The van der Waals surface area contributed by atoms with Crippen molar-refractivity contribution in [1.82, 2.24) is 20.2 Å². The van der Waals surface area contributed by atoms with Gasteiger partial charge in [-0.2, -0.15) is 0 Å². The van der Waals surface area contributed by atoms with E-state index in [9.17, 15) is 0 Å². The molecular formula is C17H32IN5O2. The molecule has 1 aliphatic rings. The van der Waals surface area contributed by atoms with E-state index >= 15 is 0 Å². The van der Waals surface area contributed by atoms with Gasteiger partial charge in [0, 0.05) is 65.0 Å². The third-order valence-electron chi connectivity index (χ3n) is 3.98. The van der Waals surface area contributed by atoms with E-state index in [0.717, 1.165) is 77.8 Å². The molecule has 2 rings (SSSR count). The number of aliphatic imine (C=N–C) groups is 1. The molecule has 25 heavy (non-hydrogen) atoms. The average Bonchev–Trinajstić information content (AvgIpc) is 3.12. The first-order chi connectivity index (χ1) is 11.9. The summed E-state index contributed by atoms with van der Waals surface area (Å²) in [7, 11) is 0. The quantitative estimate of drug-likeness (QED) is 0.239. The monoisotopic (exact) mass is 465 g/mol. The number of hydrogen-bond acceptors (Lipinski definition) is 4. The number of nitrogens with zero attached hydrogens (tertiary/aromatic N) is 3. The minimum absolute atomic E-state index is 0. The van der Waals surface area contributed by atoms with E-state index in [1.807, 2.05) is 17.1 Å². The van der Waals surface area contributed by atoms with E-state index < -0.39 is 0 Å². The standard InChI is InChI=1S/C17H31N5O2.HI/c1-2-19-17(21-8-10-22-9-7-18-15-22)20-6-3-11-24-14-16-4-12-23-13-5-16;/h7,9,15-16H,2-6,8,10-14H2,1H3,(H2,19,20,21);1H. The summed E-state index contributed by atoms with van der Waals surface area (Å²) in [6.45, 7) is 8.80. The summed E-state index contributed by atoms with van der Waals surface area (Å²) in [6.07, 6.45) is 8.77. The van der Waals surface area contributed by atoms with Gasteiger partial charge in [0.1, 0.15) is 0 Å². The minimum Gasteiger partial charge on any atom is -0.381 e. The Morgan fingerprint density at radius 2 is 2.20 bits per heavy atom. The molecule has 0 aromatic carbocycles. The highest BCUT2D eigenvalue weighted by atomic mass is 127. The maximum atomic E-state index is 5.77. The summed E-state index contributed by atoms with van der Waals surface area (Å²) >= 11 is 0. The van der Waals surface area contributed by atoms with Crippen LogP contribution in [0.5, 0.6) is 0 Å². The Morgan fingerprint density at radius 1 is 1.36 bits per heavy atom. The highest BCUT2D eigenvalue weighted by molar-refractivity contribution is 14.0. The lowest BCUT2D eigenvalue weighted by atomic mass is 10.0. The number of nitrogens with one attached hydrogen (secondary N) is 2. The molecule has 0 atom stereocenters. The Bertz CT molecular complexity index is 450. The summed E-state index contributed by atoms with van der Waals surface area (Å²) in [5.74, 6) is 1.53. The lowest BCUT2D eigenvalue weighted by molar-refractivity contribution is 0.0205. The maximum Gasteiger partial charge on any atom is 0.191 e. The van der Waals surface area contributed by atoms with Gasteiger partial charge in [-0.15, -0.1) is 24.0 Å². The van der Waals surface area contributed by atoms with Crippen molar-refractivity contribution in [3.63, 3.8) is 0 Å². The fraction of sp³-hybridized carbons (Fsp3) is 0.765. The fourth-order valence-electron chi connectivity index (χ4n) is 2.58. The first-order valence-electron chi connectivity index (χ1n) is 9.02. The van der Waals surface area contributed by atoms with Crippen LogP contribution in [0.3, 0.4) is 0 Å². The summed E-state index contributed by atoms with van der Waals surface area (Å²) < 4.78 is 13.2. The second kappa shape index (κ2) is 14.3. The van der Waals surface area contributed by atoms with Crippen LogP contribution in [0.1, 0.15) is 26.2 Å². The molecule has 1 aromatic rings. The van der Waals surface area contributed by atoms with Crippen LogP contribution < -0.4 is 10.6 Å². The topological polar surface area (TPSA) is 72.7 Å². The molecule has 1 aliphatic heterocycles. The molecule has 7 nitrogen and oxygen atoms in total. The summed E-state index contributed by atoms with van der Waals surface area (Å²) in [5.41, 5.74) is 0. The Kier molecular flexibility index (Phi) is 12.7. The third kappa shape index (κ3) is 10.0. The van der Waals surface area contributed by atoms with Crippen LogP contribution in [0.25, 0.3) is 0 Å². The van der Waals surface area contributed by atoms with Crippen molar-refractivity contribution in [1.29, 1.82) is 0 Å². The van der Waals surface area contributed by atoms with Crippen LogP contribution in [0.4, 0.5) is 0 Å². The lowest BCUT2D eigenvalue weighted by Gasteiger charge is -2.21. The normalized spacial score (nSPS) is 15.6. The second-order valence-corrected chi connectivity index (χ2v) is 5.97. The molecule has 1 fully saturated rings. The largest absolute Gasteiger partial charge is 0.381 e. The lowest BCUT2D eigenvalue weighted by Crippen LogP contribution is -2.38. The van der Waals surface area contributed by atoms with E-state index in [1.54, 1.807) is 6.20 Å². The number of halogens is 1. The van der Waals surface area contributed by atoms with Crippen LogP contribution in [0.15, 0.2) is 23.7 Å². The first kappa shape index (κ1) is 22.2. The van der Waals surface area contributed by atoms with Gasteiger partial charge in [-0.25, -0.2) is 4.98 Å². The molecule has 0 radical (unpaired) electrons. The van der Waals surface area contributed by atoms with Crippen molar-refractivity contribution < 1.29 is 9.47 Å². The number of guanidine groups is 1. The maximum absolute atomic E-state index is 5.77. The molecule has 2 N–H and O–H groups in total. The average molecular weight is 465 g/mol. The van der Waals surface area contributed by atoms with Crippen LogP contribution >= 0.6 is 24.0 Å². The fourth-order valence-corrected chi connectivity index (χ4v) is 2.58. The van der Waals surface area contributed by atoms with Gasteiger partial charge in [0.2, 0.25) is 0 Å². The molecule has 1 aromatic heterocycles. The van der Waals surface area contributed by atoms with Gasteiger partial charge in [-0.1, -0.05) is 0 Å². The zero-order valence-corrected chi connectivity index (χ0v) is 17.5. The van der Waals surface area contributed by atoms with Crippen molar-refractivity contribution in [2.45, 2.75) is 32.7 Å². The van der Waals surface area contributed by atoms with Crippen LogP contribution in [-0.2, 0) is 16.0 Å². The number of aromatic nitrogens is 2. The van der Waals surface area contributed by atoms with Crippen molar-refractivity contribution in [3.05, 3.63) is 18.7 Å². The zero-order chi connectivity index (χ0) is 16.9. The molecule has 0 bridgehead atoms. The molecule has 0 saturated carbocycles. The van der Waals surface area contributed by atoms with Gasteiger partial charge in [0.25, 0.3) is 0 Å². The van der Waals surface area contributed by atoms with Crippen molar-refractivity contribution in [3.8, 4) is 0 Å². The van der Waals surface area contributed by atoms with E-state index in [2.05, 4.69) is 27.5 Å². The Labute approximate surface area is 168 Å². The van der Waals surface area contributed by atoms with Crippen molar-refractivity contribution >= 4 is 29.9 Å². The number of hydrogen-bond donors (Lipinski definition) is 2. The molecule has 144 valence electrons. The minimum atomic E-state index is 0. The first-order valence-corrected chi connectivity index (χ1v) is 9.02. The highest BCUT2D eigenvalue weighted by Gasteiger charge is 2.13. The molecule has 1 saturated heterocycles. The molecule has 2 heterocycles. The van der Waals surface area contributed by atoms with Gasteiger partial charge in [0.05, 0.1) is 6.33 Å². The summed E-state index contributed by atoms with van der Waals surface area (Å²) in [5, 5.41) is 6.60. The van der Waals surface area contributed by atoms with E-state index in [0.29, 0.717) is 5.92 Å². The van der Waals surface area contributed by atoms with E-state index in [4.69, 9.17) is 9.47 Å². The van der Waals surface area contributed by atoms with E-state index in [-0.39, 0.29) is 24.0 Å². The summed E-state index contributed by atoms with van der Waals surface area (Å²) in [4.78, 5) is 8.62.